The minimum atomic E-state index is -2.42. The summed E-state index contributed by atoms with van der Waals surface area (Å²) in [5.41, 5.74) is 9.28. The zero-order chi connectivity index (χ0) is 39.1. The minimum Gasteiger partial charge on any atom is -0.455 e. The van der Waals surface area contributed by atoms with Crippen LogP contribution in [0, 0.1) is 0 Å². The number of nitrogens with zero attached hydrogens (tertiary/aromatic N) is 2. The molecule has 0 spiro atoms. The van der Waals surface area contributed by atoms with E-state index in [4.69, 9.17) is 13.9 Å². The lowest BCUT2D eigenvalue weighted by Crippen LogP contribution is -2.16. The quantitative estimate of drug-likeness (QED) is 0.128. The zero-order valence-corrected chi connectivity index (χ0v) is 36.0. The normalized spacial score (nSPS) is 14.2. The molecular formula is C50H56N2OP2. The average molecular weight is 763 g/mol. The summed E-state index contributed by atoms with van der Waals surface area (Å²) < 4.78 is 19.3. The van der Waals surface area contributed by atoms with E-state index in [0.717, 1.165) is 43.9 Å². The van der Waals surface area contributed by atoms with Crippen molar-refractivity contribution >= 4 is 68.6 Å². The lowest BCUT2D eigenvalue weighted by molar-refractivity contribution is 0.674. The first kappa shape index (κ1) is 38.8. The highest BCUT2D eigenvalue weighted by Gasteiger charge is 2.30. The number of furan rings is 1. The van der Waals surface area contributed by atoms with Gasteiger partial charge in [0.25, 0.3) is 0 Å². The summed E-state index contributed by atoms with van der Waals surface area (Å²) in [4.78, 5) is 0. The Kier molecular flexibility index (Phi) is 11.0. The highest BCUT2D eigenvalue weighted by molar-refractivity contribution is 7.81. The molecule has 0 bridgehead atoms. The Morgan fingerprint density at radius 2 is 0.691 bits per heavy atom. The van der Waals surface area contributed by atoms with Gasteiger partial charge in [-0.25, -0.2) is 0 Å². The van der Waals surface area contributed by atoms with Crippen LogP contribution in [0.1, 0.15) is 101 Å². The molecule has 2 atom stereocenters. The van der Waals surface area contributed by atoms with Crippen molar-refractivity contribution in [1.82, 2.24) is 0 Å². The molecule has 0 N–H and O–H groups in total. The predicted molar refractivity (Wildman–Crippen MR) is 244 cm³/mol. The van der Waals surface area contributed by atoms with Crippen LogP contribution >= 0.6 is 14.1 Å². The number of fused-ring (bicyclic) bond motifs is 3. The van der Waals surface area contributed by atoms with Gasteiger partial charge in [0.15, 0.2) is 0 Å². The van der Waals surface area contributed by atoms with Crippen LogP contribution in [0.3, 0.4) is 0 Å². The van der Waals surface area contributed by atoms with Gasteiger partial charge in [0.2, 0.25) is 0 Å². The van der Waals surface area contributed by atoms with Crippen molar-refractivity contribution < 1.29 is 4.42 Å². The molecule has 1 aromatic heterocycles. The Labute approximate surface area is 329 Å². The monoisotopic (exact) mass is 762 g/mol. The van der Waals surface area contributed by atoms with Crippen molar-refractivity contribution in [2.24, 2.45) is 9.49 Å². The van der Waals surface area contributed by atoms with Gasteiger partial charge in [-0.3, -0.25) is 9.49 Å². The summed E-state index contributed by atoms with van der Waals surface area (Å²) in [6, 6.07) is 48.7. The Balaban J connectivity index is 1.59. The van der Waals surface area contributed by atoms with Gasteiger partial charge >= 0.3 is 0 Å². The number of rotatable bonds is 10. The Bertz CT molecular complexity index is 2360. The fourth-order valence-corrected chi connectivity index (χ4v) is 13.7. The number of hydrogen-bond donors (Lipinski definition) is 0. The van der Waals surface area contributed by atoms with E-state index in [2.05, 4.69) is 202 Å². The molecule has 5 heteroatoms. The molecule has 1 heterocycles. The maximum atomic E-state index is 7.37. The van der Waals surface area contributed by atoms with E-state index in [1.54, 1.807) is 0 Å². The molecule has 0 aliphatic heterocycles. The second-order valence-corrected chi connectivity index (χ2v) is 22.6. The third-order valence-electron chi connectivity index (χ3n) is 11.2. The van der Waals surface area contributed by atoms with E-state index in [0.29, 0.717) is 23.7 Å². The fraction of sp³-hybridized carbons (Fsp3) is 0.280. The summed E-state index contributed by atoms with van der Waals surface area (Å²) in [5, 5.41) is 7.04. The maximum Gasteiger partial charge on any atom is 0.144 e. The number of benzene rings is 6. The van der Waals surface area contributed by atoms with Gasteiger partial charge in [-0.2, -0.15) is 0 Å². The summed E-state index contributed by atoms with van der Waals surface area (Å²) >= 11 is 0. The first-order valence-electron chi connectivity index (χ1n) is 19.9. The maximum absolute atomic E-state index is 7.37. The van der Waals surface area contributed by atoms with E-state index < -0.39 is 14.1 Å². The molecule has 55 heavy (non-hydrogen) atoms. The second-order valence-electron chi connectivity index (χ2n) is 16.4. The van der Waals surface area contributed by atoms with Crippen LogP contribution in [-0.2, 0) is 0 Å². The summed E-state index contributed by atoms with van der Waals surface area (Å²) in [5.74, 6) is 1.36. The van der Waals surface area contributed by atoms with Gasteiger partial charge in [-0.05, 0) is 82.0 Å². The molecule has 0 saturated heterocycles. The molecule has 7 rings (SSSR count). The zero-order valence-electron chi connectivity index (χ0n) is 34.2. The molecule has 0 aliphatic rings. The topological polar surface area (TPSA) is 37.9 Å². The van der Waals surface area contributed by atoms with Crippen molar-refractivity contribution in [2.75, 3.05) is 13.3 Å². The SMILES string of the molecule is CC(C)c1cccc(C(C)C)c1N=[P@@](C)(c1ccccc1)c1cccc2c1oc1c([P@@](C)(=Nc3c(C(C)C)cccc3C(C)C)c3ccccc3)cccc12. The van der Waals surface area contributed by atoms with E-state index in [1.165, 1.54) is 32.9 Å². The highest BCUT2D eigenvalue weighted by atomic mass is 31.2. The van der Waals surface area contributed by atoms with Crippen LogP contribution in [0.25, 0.3) is 21.9 Å². The lowest BCUT2D eigenvalue weighted by atomic mass is 9.93. The van der Waals surface area contributed by atoms with Crippen LogP contribution in [0.5, 0.6) is 0 Å². The van der Waals surface area contributed by atoms with Crippen LogP contribution in [0.15, 0.2) is 147 Å². The predicted octanol–water partition coefficient (Wildman–Crippen LogP) is 14.3. The van der Waals surface area contributed by atoms with Crippen molar-refractivity contribution in [1.29, 1.82) is 0 Å². The molecule has 0 fully saturated rings. The van der Waals surface area contributed by atoms with Gasteiger partial charge in [0.05, 0.1) is 11.4 Å². The van der Waals surface area contributed by atoms with Crippen LogP contribution in [0.2, 0.25) is 0 Å². The van der Waals surface area contributed by atoms with E-state index in [9.17, 15) is 0 Å². The van der Waals surface area contributed by atoms with Crippen molar-refractivity contribution in [3.05, 3.63) is 156 Å². The molecule has 3 nitrogen and oxygen atoms in total. The molecule has 0 unspecified atom stereocenters. The third kappa shape index (κ3) is 7.12. The van der Waals surface area contributed by atoms with E-state index in [-0.39, 0.29) is 0 Å². The van der Waals surface area contributed by atoms with Crippen molar-refractivity contribution in [3.8, 4) is 0 Å². The van der Waals surface area contributed by atoms with Crippen LogP contribution in [-0.4, -0.2) is 13.3 Å². The molecule has 0 saturated carbocycles. The molecule has 0 aliphatic carbocycles. The van der Waals surface area contributed by atoms with Crippen molar-refractivity contribution in [3.63, 3.8) is 0 Å². The van der Waals surface area contributed by atoms with Crippen molar-refractivity contribution in [2.45, 2.75) is 79.1 Å². The molecule has 282 valence electrons. The second kappa shape index (κ2) is 15.6. The molecular weight excluding hydrogens is 707 g/mol. The standard InChI is InChI=1S/C50H56N2OP2/c1-33(2)39-25-17-26-40(34(3)4)47(39)51-54(9,37-21-13-11-14-22-37)45-31-19-29-43-44-30-20-32-46(50(44)53-49(43)45)55(10,38-23-15-12-16-24-38)52-48-41(35(5)6)27-18-28-42(48)36(7)8/h11-36H,1-10H3/t54-,55-/m0/s1. The molecule has 6 aromatic carbocycles. The lowest BCUT2D eigenvalue weighted by Gasteiger charge is -2.25. The number of hydrogen-bond acceptors (Lipinski definition) is 3. The smallest absolute Gasteiger partial charge is 0.144 e. The van der Waals surface area contributed by atoms with Gasteiger partial charge in [-0.15, -0.1) is 0 Å². The Morgan fingerprint density at radius 1 is 0.382 bits per heavy atom. The van der Waals surface area contributed by atoms with Gasteiger partial charge in [0.1, 0.15) is 11.2 Å². The first-order chi connectivity index (χ1) is 26.3. The van der Waals surface area contributed by atoms with E-state index >= 15 is 0 Å². The highest BCUT2D eigenvalue weighted by Crippen LogP contribution is 2.54. The summed E-state index contributed by atoms with van der Waals surface area (Å²) in [6.45, 7) is 23.0. The minimum absolute atomic E-state index is 0.339. The first-order valence-corrected chi connectivity index (χ1v) is 24.2. The fourth-order valence-electron chi connectivity index (χ4n) is 8.07. The Hall–Kier alpha value is -4.42. The van der Waals surface area contributed by atoms with Gasteiger partial charge < -0.3 is 4.42 Å². The average Bonchev–Trinajstić information content (AvgIpc) is 3.57. The van der Waals surface area contributed by atoms with E-state index in [1.807, 2.05) is 0 Å². The van der Waals surface area contributed by atoms with Gasteiger partial charge in [0, 0.05) is 35.5 Å². The Morgan fingerprint density at radius 3 is 1.00 bits per heavy atom. The van der Waals surface area contributed by atoms with Crippen LogP contribution < -0.4 is 21.2 Å². The van der Waals surface area contributed by atoms with Gasteiger partial charge in [-0.1, -0.05) is 177 Å². The third-order valence-corrected chi connectivity index (χ3v) is 17.6. The summed E-state index contributed by atoms with van der Waals surface area (Å²) in [6.07, 6.45) is 0. The molecule has 7 aromatic rings. The largest absolute Gasteiger partial charge is 0.455 e. The van der Waals surface area contributed by atoms with Crippen LogP contribution in [0.4, 0.5) is 11.4 Å². The summed E-state index contributed by atoms with van der Waals surface area (Å²) in [7, 11) is -4.83. The molecule has 0 amide bonds. The number of para-hydroxylation sites is 2. The molecule has 0 radical (unpaired) electrons.